The zero-order valence-corrected chi connectivity index (χ0v) is 18.3. The molecule has 3 aromatic rings. The molecule has 1 saturated heterocycles. The molecule has 1 fully saturated rings. The van der Waals surface area contributed by atoms with Gasteiger partial charge in [0.1, 0.15) is 17.9 Å². The summed E-state index contributed by atoms with van der Waals surface area (Å²) in [5.41, 5.74) is 1.47. The third-order valence-electron chi connectivity index (χ3n) is 5.70. The lowest BCUT2D eigenvalue weighted by Crippen LogP contribution is -2.50. The standard InChI is InChI=1S/C21H29N5O2S/c1-4-7-23-8-10-24(11-9-23)20(27)14-25-21(28)17-13-18-16(12-15(5-2)29-18)26(17)19(6-3)22-25/h12-13H,4-11,14H2,1-3H3. The van der Waals surface area contributed by atoms with Gasteiger partial charge in [0.2, 0.25) is 5.91 Å². The minimum absolute atomic E-state index is 0.00908. The van der Waals surface area contributed by atoms with Crippen molar-refractivity contribution >= 4 is 33.0 Å². The molecule has 0 saturated carbocycles. The van der Waals surface area contributed by atoms with Crippen LogP contribution < -0.4 is 5.56 Å². The van der Waals surface area contributed by atoms with Crippen LogP contribution in [0.25, 0.3) is 15.7 Å². The smallest absolute Gasteiger partial charge is 0.291 e. The van der Waals surface area contributed by atoms with Gasteiger partial charge in [-0.05, 0) is 31.5 Å². The Hall–Kier alpha value is -2.19. The van der Waals surface area contributed by atoms with E-state index in [0.717, 1.165) is 61.6 Å². The maximum Gasteiger partial charge on any atom is 0.291 e. The highest BCUT2D eigenvalue weighted by atomic mass is 32.1. The molecule has 156 valence electrons. The number of carbonyl (C=O) groups excluding carboxylic acids is 1. The van der Waals surface area contributed by atoms with Crippen molar-refractivity contribution < 1.29 is 4.79 Å². The van der Waals surface area contributed by atoms with Crippen molar-refractivity contribution in [3.05, 3.63) is 33.2 Å². The number of hydrogen-bond acceptors (Lipinski definition) is 5. The van der Waals surface area contributed by atoms with Gasteiger partial charge in [0.15, 0.2) is 0 Å². The predicted molar refractivity (Wildman–Crippen MR) is 117 cm³/mol. The maximum atomic E-state index is 13.1. The summed E-state index contributed by atoms with van der Waals surface area (Å²) >= 11 is 1.72. The van der Waals surface area contributed by atoms with E-state index in [9.17, 15) is 9.59 Å². The molecule has 0 unspecified atom stereocenters. The third kappa shape index (κ3) is 3.71. The van der Waals surface area contributed by atoms with Gasteiger partial charge >= 0.3 is 0 Å². The molecule has 1 amide bonds. The van der Waals surface area contributed by atoms with Crippen LogP contribution in [0.1, 0.15) is 37.9 Å². The Morgan fingerprint density at radius 2 is 1.83 bits per heavy atom. The van der Waals surface area contributed by atoms with E-state index in [1.165, 1.54) is 9.56 Å². The lowest BCUT2D eigenvalue weighted by atomic mass is 10.3. The Morgan fingerprint density at radius 3 is 2.48 bits per heavy atom. The monoisotopic (exact) mass is 415 g/mol. The first kappa shape index (κ1) is 20.1. The van der Waals surface area contributed by atoms with Gasteiger partial charge in [-0.1, -0.05) is 20.8 Å². The quantitative estimate of drug-likeness (QED) is 0.620. The number of piperazine rings is 1. The van der Waals surface area contributed by atoms with Gasteiger partial charge in [0, 0.05) is 37.5 Å². The molecule has 0 bridgehead atoms. The van der Waals surface area contributed by atoms with Crippen LogP contribution in [0.5, 0.6) is 0 Å². The number of hydrogen-bond donors (Lipinski definition) is 0. The van der Waals surface area contributed by atoms with E-state index >= 15 is 0 Å². The minimum atomic E-state index is -0.193. The molecular formula is C21H29N5O2S. The van der Waals surface area contributed by atoms with E-state index in [1.807, 2.05) is 22.3 Å². The van der Waals surface area contributed by atoms with Gasteiger partial charge in [-0.2, -0.15) is 5.10 Å². The second-order valence-corrected chi connectivity index (χ2v) is 8.80. The average molecular weight is 416 g/mol. The van der Waals surface area contributed by atoms with Crippen molar-refractivity contribution in [3.63, 3.8) is 0 Å². The van der Waals surface area contributed by atoms with E-state index in [-0.39, 0.29) is 18.0 Å². The SMILES string of the molecule is CCCN1CCN(C(=O)Cn2nc(CC)n3c(cc4sc(CC)cc43)c2=O)CC1. The van der Waals surface area contributed by atoms with Crippen LogP contribution in [-0.2, 0) is 24.2 Å². The van der Waals surface area contributed by atoms with Crippen molar-refractivity contribution in [1.82, 2.24) is 24.0 Å². The molecule has 3 aromatic heterocycles. The lowest BCUT2D eigenvalue weighted by Gasteiger charge is -2.34. The van der Waals surface area contributed by atoms with Gasteiger partial charge in [-0.15, -0.1) is 11.3 Å². The molecule has 0 aromatic carbocycles. The molecule has 1 aliphatic heterocycles. The number of amides is 1. The van der Waals surface area contributed by atoms with Crippen LogP contribution in [0.2, 0.25) is 0 Å². The molecule has 0 aliphatic carbocycles. The maximum absolute atomic E-state index is 13.1. The first-order chi connectivity index (χ1) is 14.0. The summed E-state index contributed by atoms with van der Waals surface area (Å²) in [6.07, 6.45) is 2.80. The van der Waals surface area contributed by atoms with Crippen molar-refractivity contribution in [2.24, 2.45) is 0 Å². The van der Waals surface area contributed by atoms with Crippen LogP contribution in [0.4, 0.5) is 0 Å². The van der Waals surface area contributed by atoms with Gasteiger partial charge in [-0.3, -0.25) is 18.9 Å². The van der Waals surface area contributed by atoms with Gasteiger partial charge in [0.05, 0.1) is 10.2 Å². The molecule has 29 heavy (non-hydrogen) atoms. The molecule has 0 radical (unpaired) electrons. The van der Waals surface area contributed by atoms with E-state index in [1.54, 1.807) is 11.3 Å². The van der Waals surface area contributed by atoms with Crippen LogP contribution in [0.3, 0.4) is 0 Å². The van der Waals surface area contributed by atoms with Crippen LogP contribution in [0.15, 0.2) is 16.9 Å². The number of nitrogens with zero attached hydrogens (tertiary/aromatic N) is 5. The second-order valence-electron chi connectivity index (χ2n) is 7.64. The topological polar surface area (TPSA) is 62.9 Å². The first-order valence-corrected chi connectivity index (χ1v) is 11.4. The lowest BCUT2D eigenvalue weighted by molar-refractivity contribution is -0.133. The summed E-state index contributed by atoms with van der Waals surface area (Å²) < 4.78 is 4.43. The van der Waals surface area contributed by atoms with Crippen molar-refractivity contribution in [2.75, 3.05) is 32.7 Å². The average Bonchev–Trinajstić information content (AvgIpc) is 3.29. The molecule has 0 spiro atoms. The zero-order chi connectivity index (χ0) is 20.5. The Morgan fingerprint density at radius 1 is 1.07 bits per heavy atom. The van der Waals surface area contributed by atoms with Gasteiger partial charge in [-0.25, -0.2) is 4.68 Å². The van der Waals surface area contributed by atoms with E-state index in [4.69, 9.17) is 0 Å². The molecule has 1 aliphatic rings. The van der Waals surface area contributed by atoms with Crippen LogP contribution >= 0.6 is 11.3 Å². The summed E-state index contributed by atoms with van der Waals surface area (Å²) in [5.74, 6) is 0.791. The fourth-order valence-corrected chi connectivity index (χ4v) is 5.14. The van der Waals surface area contributed by atoms with Gasteiger partial charge in [0.25, 0.3) is 5.56 Å². The van der Waals surface area contributed by atoms with Crippen molar-refractivity contribution in [2.45, 2.75) is 46.6 Å². The van der Waals surface area contributed by atoms with Crippen LogP contribution in [0, 0.1) is 0 Å². The third-order valence-corrected chi connectivity index (χ3v) is 6.92. The molecule has 7 nitrogen and oxygen atoms in total. The number of aromatic nitrogens is 3. The molecule has 8 heteroatoms. The normalized spacial score (nSPS) is 15.6. The number of fused-ring (bicyclic) bond motifs is 3. The molecule has 0 N–H and O–H groups in total. The highest BCUT2D eigenvalue weighted by molar-refractivity contribution is 7.19. The summed E-state index contributed by atoms with van der Waals surface area (Å²) in [5, 5.41) is 4.57. The fourth-order valence-electron chi connectivity index (χ4n) is 4.12. The van der Waals surface area contributed by atoms with Crippen molar-refractivity contribution in [3.8, 4) is 0 Å². The Balaban J connectivity index is 1.62. The van der Waals surface area contributed by atoms with E-state index in [0.29, 0.717) is 11.9 Å². The number of aryl methyl sites for hydroxylation is 2. The molecule has 0 atom stereocenters. The molecule has 4 heterocycles. The number of rotatable bonds is 6. The summed E-state index contributed by atoms with van der Waals surface area (Å²) in [4.78, 5) is 31.5. The fraction of sp³-hybridized carbons (Fsp3) is 0.571. The number of thiophene rings is 1. The summed E-state index contributed by atoms with van der Waals surface area (Å²) in [6, 6.07) is 4.10. The zero-order valence-electron chi connectivity index (χ0n) is 17.5. The Labute approximate surface area is 174 Å². The number of carbonyl (C=O) groups is 1. The van der Waals surface area contributed by atoms with E-state index in [2.05, 4.69) is 29.9 Å². The Bertz CT molecular complexity index is 1090. The Kier molecular flexibility index (Phi) is 5.74. The highest BCUT2D eigenvalue weighted by Crippen LogP contribution is 2.29. The van der Waals surface area contributed by atoms with Crippen molar-refractivity contribution in [1.29, 1.82) is 0 Å². The van der Waals surface area contributed by atoms with Crippen LogP contribution in [-0.4, -0.2) is 62.6 Å². The predicted octanol–water partition coefficient (Wildman–Crippen LogP) is 2.39. The van der Waals surface area contributed by atoms with Gasteiger partial charge < -0.3 is 4.90 Å². The molecule has 4 rings (SSSR count). The van der Waals surface area contributed by atoms with E-state index < -0.39 is 0 Å². The minimum Gasteiger partial charge on any atom is -0.339 e. The first-order valence-electron chi connectivity index (χ1n) is 10.6. The summed E-state index contributed by atoms with van der Waals surface area (Å²) in [7, 11) is 0. The second kappa shape index (κ2) is 8.28. The summed E-state index contributed by atoms with van der Waals surface area (Å²) in [6.45, 7) is 10.7. The largest absolute Gasteiger partial charge is 0.339 e. The highest BCUT2D eigenvalue weighted by Gasteiger charge is 2.23. The molecular weight excluding hydrogens is 386 g/mol.